The zero-order valence-electron chi connectivity index (χ0n) is 20.5. The molecule has 8 nitrogen and oxygen atoms in total. The predicted molar refractivity (Wildman–Crippen MR) is 147 cm³/mol. The Morgan fingerprint density at radius 1 is 1.23 bits per heavy atom. The van der Waals surface area contributed by atoms with E-state index < -0.39 is 5.41 Å². The number of anilines is 2. The van der Waals surface area contributed by atoms with Gasteiger partial charge in [-0.2, -0.15) is 0 Å². The molecule has 190 valence electrons. The van der Waals surface area contributed by atoms with Crippen molar-refractivity contribution in [2.45, 2.75) is 39.5 Å². The highest BCUT2D eigenvalue weighted by Crippen LogP contribution is 2.38. The highest BCUT2D eigenvalue weighted by Gasteiger charge is 2.42. The molecule has 35 heavy (non-hydrogen) atoms. The third-order valence-corrected chi connectivity index (χ3v) is 7.51. The maximum Gasteiger partial charge on any atom is 0.226 e. The van der Waals surface area contributed by atoms with E-state index in [4.69, 9.17) is 22.7 Å². The van der Waals surface area contributed by atoms with Crippen LogP contribution in [-0.2, 0) is 11.2 Å². The fourth-order valence-corrected chi connectivity index (χ4v) is 5.20. The number of halogens is 2. The minimum atomic E-state index is -0.528. The average molecular weight is 565 g/mol. The summed E-state index contributed by atoms with van der Waals surface area (Å²) in [4.78, 5) is 26.5. The molecule has 3 rings (SSSR count). The molecule has 1 amide bonds. The lowest BCUT2D eigenvalue weighted by Gasteiger charge is -2.41. The Kier molecular flexibility index (Phi) is 9.89. The van der Waals surface area contributed by atoms with E-state index in [0.29, 0.717) is 55.3 Å². The maximum absolute atomic E-state index is 13.6. The molecule has 10 heteroatoms. The van der Waals surface area contributed by atoms with Crippen LogP contribution in [0.25, 0.3) is 0 Å². The van der Waals surface area contributed by atoms with Crippen molar-refractivity contribution in [2.24, 2.45) is 5.41 Å². The van der Waals surface area contributed by atoms with E-state index >= 15 is 0 Å². The molecule has 1 aliphatic heterocycles. The molecule has 1 fully saturated rings. The van der Waals surface area contributed by atoms with E-state index in [-0.39, 0.29) is 16.3 Å². The van der Waals surface area contributed by atoms with Crippen LogP contribution < -0.4 is 16.0 Å². The second-order valence-corrected chi connectivity index (χ2v) is 10.2. The second-order valence-electron chi connectivity index (χ2n) is 8.98. The Morgan fingerprint density at radius 3 is 2.49 bits per heavy atom. The van der Waals surface area contributed by atoms with Crippen LogP contribution in [0.3, 0.4) is 0 Å². The molecule has 1 aromatic heterocycles. The Hall–Kier alpha value is -2.23. The third-order valence-electron chi connectivity index (χ3n) is 6.86. The number of hydrogen-bond acceptors (Lipinski definition) is 7. The van der Waals surface area contributed by atoms with Crippen LogP contribution in [0.1, 0.15) is 44.2 Å². The molecule has 2 heterocycles. The number of piperidine rings is 1. The topological polar surface area (TPSA) is 111 Å². The van der Waals surface area contributed by atoms with Gasteiger partial charge in [-0.15, -0.1) is 0 Å². The average Bonchev–Trinajstić information content (AvgIpc) is 2.85. The smallest absolute Gasteiger partial charge is 0.226 e. The van der Waals surface area contributed by atoms with Crippen molar-refractivity contribution < 1.29 is 4.79 Å². The van der Waals surface area contributed by atoms with Gasteiger partial charge in [0.25, 0.3) is 0 Å². The standard InChI is InChI=1S/C25H35BrClN7O/c1-3-33(4-2)13-5-12-30-24(35)25(16-18-6-8-19(27)9-7-18)10-14-34(15-11-25)23-20(21(26)28)22(29)31-17-32-23/h6-9,17,28H,3-5,10-16H2,1-2H3,(H,30,35)(H2,29,31,32). The highest BCUT2D eigenvalue weighted by molar-refractivity contribution is 9.18. The molecular weight excluding hydrogens is 530 g/mol. The van der Waals surface area contributed by atoms with E-state index in [0.717, 1.165) is 31.6 Å². The van der Waals surface area contributed by atoms with Crippen LogP contribution in [0, 0.1) is 10.8 Å². The first-order valence-corrected chi connectivity index (χ1v) is 13.3. The molecule has 0 saturated carbocycles. The van der Waals surface area contributed by atoms with Crippen LogP contribution >= 0.6 is 27.5 Å². The molecule has 1 aliphatic rings. The molecule has 0 atom stereocenters. The SMILES string of the molecule is CCN(CC)CCCNC(=O)C1(Cc2ccc(Cl)cc2)CCN(c2ncnc(N)c2C(=N)Br)CC1. The lowest BCUT2D eigenvalue weighted by molar-refractivity contribution is -0.132. The van der Waals surface area contributed by atoms with Crippen molar-refractivity contribution in [3.8, 4) is 0 Å². The van der Waals surface area contributed by atoms with Crippen molar-refractivity contribution in [2.75, 3.05) is 49.9 Å². The van der Waals surface area contributed by atoms with Crippen molar-refractivity contribution in [1.29, 1.82) is 5.41 Å². The van der Waals surface area contributed by atoms with Crippen LogP contribution in [-0.4, -0.2) is 64.7 Å². The molecule has 0 spiro atoms. The van der Waals surface area contributed by atoms with Gasteiger partial charge in [-0.25, -0.2) is 9.97 Å². The largest absolute Gasteiger partial charge is 0.383 e. The van der Waals surface area contributed by atoms with E-state index in [9.17, 15) is 4.79 Å². The first-order valence-electron chi connectivity index (χ1n) is 12.1. The number of carbonyl (C=O) groups excluding carboxylic acids is 1. The zero-order valence-corrected chi connectivity index (χ0v) is 22.8. The molecule has 0 radical (unpaired) electrons. The number of nitrogens with one attached hydrogen (secondary N) is 2. The number of hydrogen-bond donors (Lipinski definition) is 3. The number of benzene rings is 1. The first kappa shape index (κ1) is 27.4. The highest BCUT2D eigenvalue weighted by atomic mass is 79.9. The number of carbonyl (C=O) groups is 1. The van der Waals surface area contributed by atoms with Crippen LogP contribution in [0.4, 0.5) is 11.6 Å². The Balaban J connectivity index is 1.75. The van der Waals surface area contributed by atoms with Crippen LogP contribution in [0.2, 0.25) is 5.02 Å². The van der Waals surface area contributed by atoms with Gasteiger partial charge in [0, 0.05) is 24.7 Å². The quantitative estimate of drug-likeness (QED) is 0.280. The van der Waals surface area contributed by atoms with E-state index in [2.05, 4.69) is 54.9 Å². The summed E-state index contributed by atoms with van der Waals surface area (Å²) in [5, 5.41) is 12.0. The summed E-state index contributed by atoms with van der Waals surface area (Å²) in [6.07, 6.45) is 4.32. The molecule has 1 saturated heterocycles. The number of amides is 1. The van der Waals surface area contributed by atoms with E-state index in [1.807, 2.05) is 24.3 Å². The lowest BCUT2D eigenvalue weighted by Crippen LogP contribution is -2.51. The van der Waals surface area contributed by atoms with Gasteiger partial charge in [-0.3, -0.25) is 10.2 Å². The zero-order chi connectivity index (χ0) is 25.4. The molecule has 0 unspecified atom stereocenters. The van der Waals surface area contributed by atoms with Gasteiger partial charge in [0.1, 0.15) is 22.6 Å². The third kappa shape index (κ3) is 6.92. The first-order chi connectivity index (χ1) is 16.8. The Morgan fingerprint density at radius 2 is 1.89 bits per heavy atom. The second kappa shape index (κ2) is 12.6. The minimum absolute atomic E-state index is 0.0994. The fourth-order valence-electron chi connectivity index (χ4n) is 4.70. The molecule has 2 aromatic rings. The van der Waals surface area contributed by atoms with E-state index in [1.54, 1.807) is 0 Å². The number of rotatable bonds is 11. The fraction of sp³-hybridized carbons (Fsp3) is 0.520. The summed E-state index contributed by atoms with van der Waals surface area (Å²) in [7, 11) is 0. The normalized spacial score (nSPS) is 15.3. The summed E-state index contributed by atoms with van der Waals surface area (Å²) in [5.74, 6) is 0.988. The molecule has 0 bridgehead atoms. The monoisotopic (exact) mass is 563 g/mol. The summed E-state index contributed by atoms with van der Waals surface area (Å²) in [6.45, 7) is 9.24. The van der Waals surface area contributed by atoms with Gasteiger partial charge < -0.3 is 20.9 Å². The Bertz CT molecular complexity index is 1010. The summed E-state index contributed by atoms with van der Waals surface area (Å²) in [6, 6.07) is 7.75. The number of nitrogen functional groups attached to an aromatic ring is 1. The number of nitrogens with zero attached hydrogens (tertiary/aromatic N) is 4. The van der Waals surface area contributed by atoms with Crippen molar-refractivity contribution in [1.82, 2.24) is 20.2 Å². The summed E-state index contributed by atoms with van der Waals surface area (Å²) >= 11 is 9.31. The van der Waals surface area contributed by atoms with Crippen molar-refractivity contribution in [3.63, 3.8) is 0 Å². The van der Waals surface area contributed by atoms with Gasteiger partial charge in [-0.05, 0) is 78.9 Å². The molecule has 0 aliphatic carbocycles. The number of nitrogens with two attached hydrogens (primary N) is 1. The van der Waals surface area contributed by atoms with Gasteiger partial charge in [0.05, 0.1) is 11.0 Å². The van der Waals surface area contributed by atoms with Gasteiger partial charge in [-0.1, -0.05) is 37.6 Å². The molecule has 1 aromatic carbocycles. The maximum atomic E-state index is 13.6. The van der Waals surface area contributed by atoms with Gasteiger partial charge >= 0.3 is 0 Å². The van der Waals surface area contributed by atoms with Crippen molar-refractivity contribution >= 4 is 49.7 Å². The van der Waals surface area contributed by atoms with Gasteiger partial charge in [0.15, 0.2) is 0 Å². The predicted octanol–water partition coefficient (Wildman–Crippen LogP) is 4.11. The van der Waals surface area contributed by atoms with Crippen LogP contribution in [0.15, 0.2) is 30.6 Å². The lowest BCUT2D eigenvalue weighted by atomic mass is 9.73. The summed E-state index contributed by atoms with van der Waals surface area (Å²) < 4.78 is 0.148. The van der Waals surface area contributed by atoms with Crippen molar-refractivity contribution in [3.05, 3.63) is 46.7 Å². The minimum Gasteiger partial charge on any atom is -0.383 e. The van der Waals surface area contributed by atoms with Crippen LogP contribution in [0.5, 0.6) is 0 Å². The Labute approximate surface area is 221 Å². The molecular formula is C25H35BrClN7O. The molecule has 4 N–H and O–H groups in total. The van der Waals surface area contributed by atoms with E-state index in [1.165, 1.54) is 6.33 Å². The van der Waals surface area contributed by atoms with Gasteiger partial charge in [0.2, 0.25) is 5.91 Å². The number of aromatic nitrogens is 2. The summed E-state index contributed by atoms with van der Waals surface area (Å²) in [5.41, 5.74) is 7.08.